The van der Waals surface area contributed by atoms with E-state index in [1.807, 2.05) is 22.4 Å². The van der Waals surface area contributed by atoms with Crippen LogP contribution < -0.4 is 4.90 Å². The molecule has 0 atom stereocenters. The maximum absolute atomic E-state index is 13.0. The minimum Gasteiger partial charge on any atom is -0.309 e. The third-order valence-corrected chi connectivity index (χ3v) is 5.94. The lowest BCUT2D eigenvalue weighted by atomic mass is 10.2. The Balaban J connectivity index is 0.00000243. The second kappa shape index (κ2) is 9.46. The Labute approximate surface area is 168 Å². The molecule has 1 aromatic carbocycles. The summed E-state index contributed by atoms with van der Waals surface area (Å²) in [5, 5.41) is 2.73. The van der Waals surface area contributed by atoms with Gasteiger partial charge < -0.3 is 4.90 Å². The number of thiophene rings is 1. The van der Waals surface area contributed by atoms with Crippen molar-refractivity contribution in [2.75, 3.05) is 32.1 Å². The Kier molecular flexibility index (Phi) is 7.58. The van der Waals surface area contributed by atoms with Gasteiger partial charge in [-0.15, -0.1) is 23.7 Å². The van der Waals surface area contributed by atoms with Crippen molar-refractivity contribution in [3.63, 3.8) is 0 Å². The highest BCUT2D eigenvalue weighted by Crippen LogP contribution is 2.31. The fourth-order valence-corrected chi connectivity index (χ4v) is 4.38. The second-order valence-corrected chi connectivity index (χ2v) is 8.20. The number of anilines is 1. The van der Waals surface area contributed by atoms with Crippen LogP contribution in [-0.2, 0) is 6.42 Å². The zero-order valence-corrected chi connectivity index (χ0v) is 17.7. The van der Waals surface area contributed by atoms with Crippen LogP contribution in [0.5, 0.6) is 0 Å². The molecule has 7 heteroatoms. The Morgan fingerprint density at radius 3 is 2.65 bits per heavy atom. The van der Waals surface area contributed by atoms with Crippen LogP contribution in [0.1, 0.15) is 28.6 Å². The molecule has 0 aliphatic rings. The molecule has 0 saturated heterocycles. The molecule has 3 aromatic rings. The Bertz CT molecular complexity index is 846. The zero-order chi connectivity index (χ0) is 17.8. The number of carbonyl (C=O) groups excluding carboxylic acids is 1. The number of thiazole rings is 1. The summed E-state index contributed by atoms with van der Waals surface area (Å²) in [7, 11) is 4.10. The van der Waals surface area contributed by atoms with Gasteiger partial charge in [-0.05, 0) is 62.6 Å². The number of aromatic nitrogens is 1. The van der Waals surface area contributed by atoms with Crippen molar-refractivity contribution in [3.05, 3.63) is 46.2 Å². The number of benzene rings is 1. The molecule has 0 aliphatic carbocycles. The first-order chi connectivity index (χ1) is 12.1. The summed E-state index contributed by atoms with van der Waals surface area (Å²) in [6.45, 7) is 3.77. The first kappa shape index (κ1) is 20.8. The number of nitrogens with zero attached hydrogens (tertiary/aromatic N) is 3. The van der Waals surface area contributed by atoms with Crippen LogP contribution in [0, 0.1) is 0 Å². The summed E-state index contributed by atoms with van der Waals surface area (Å²) < 4.78 is 1.14. The number of rotatable bonds is 7. The first-order valence-electron chi connectivity index (χ1n) is 8.48. The van der Waals surface area contributed by atoms with E-state index in [1.165, 1.54) is 16.9 Å². The Hall–Kier alpha value is -1.47. The maximum atomic E-state index is 13.0. The number of hydrogen-bond acceptors (Lipinski definition) is 5. The summed E-state index contributed by atoms with van der Waals surface area (Å²) >= 11 is 3.09. The number of fused-ring (bicyclic) bond motifs is 1. The number of hydrogen-bond donors (Lipinski definition) is 0. The third-order valence-electron chi connectivity index (χ3n) is 4.04. The predicted octanol–water partition coefficient (Wildman–Crippen LogP) is 4.94. The van der Waals surface area contributed by atoms with E-state index in [1.54, 1.807) is 11.3 Å². The molecular weight excluding hydrogens is 386 g/mol. The Morgan fingerprint density at radius 1 is 1.19 bits per heavy atom. The average molecular weight is 410 g/mol. The van der Waals surface area contributed by atoms with Gasteiger partial charge in [0.15, 0.2) is 5.13 Å². The molecule has 140 valence electrons. The number of halogens is 1. The molecule has 0 fully saturated rings. The van der Waals surface area contributed by atoms with E-state index in [9.17, 15) is 4.79 Å². The largest absolute Gasteiger partial charge is 0.309 e. The molecule has 0 N–H and O–H groups in total. The van der Waals surface area contributed by atoms with E-state index in [0.29, 0.717) is 6.54 Å². The van der Waals surface area contributed by atoms with Crippen molar-refractivity contribution in [1.29, 1.82) is 0 Å². The lowest BCUT2D eigenvalue weighted by Gasteiger charge is -2.20. The fraction of sp³-hybridized carbons (Fsp3) is 0.368. The monoisotopic (exact) mass is 409 g/mol. The summed E-state index contributed by atoms with van der Waals surface area (Å²) in [5.74, 6) is 0.0449. The molecule has 0 bridgehead atoms. The van der Waals surface area contributed by atoms with Crippen LogP contribution >= 0.6 is 35.1 Å². The molecule has 0 radical (unpaired) electrons. The van der Waals surface area contributed by atoms with Gasteiger partial charge in [0, 0.05) is 6.54 Å². The van der Waals surface area contributed by atoms with E-state index in [0.717, 1.165) is 39.6 Å². The van der Waals surface area contributed by atoms with Crippen molar-refractivity contribution in [2.45, 2.75) is 19.8 Å². The van der Waals surface area contributed by atoms with Gasteiger partial charge in [-0.1, -0.05) is 30.4 Å². The van der Waals surface area contributed by atoms with Gasteiger partial charge in [0.05, 0.1) is 15.1 Å². The highest BCUT2D eigenvalue weighted by Gasteiger charge is 2.21. The molecule has 4 nitrogen and oxygen atoms in total. The Morgan fingerprint density at radius 2 is 2.00 bits per heavy atom. The summed E-state index contributed by atoms with van der Waals surface area (Å²) in [4.78, 5) is 22.4. The highest BCUT2D eigenvalue weighted by atomic mass is 35.5. The van der Waals surface area contributed by atoms with Crippen LogP contribution in [0.2, 0.25) is 0 Å². The van der Waals surface area contributed by atoms with E-state index in [4.69, 9.17) is 4.98 Å². The molecule has 0 unspecified atom stereocenters. The molecule has 0 saturated carbocycles. The molecule has 0 aliphatic heterocycles. The quantitative estimate of drug-likeness (QED) is 0.554. The van der Waals surface area contributed by atoms with Gasteiger partial charge >= 0.3 is 0 Å². The second-order valence-electron chi connectivity index (χ2n) is 6.24. The van der Waals surface area contributed by atoms with E-state index in [2.05, 4.69) is 44.1 Å². The minimum absolute atomic E-state index is 0. The topological polar surface area (TPSA) is 36.4 Å². The molecule has 0 spiro atoms. The van der Waals surface area contributed by atoms with E-state index in [-0.39, 0.29) is 18.3 Å². The van der Waals surface area contributed by atoms with Crippen LogP contribution in [0.3, 0.4) is 0 Å². The van der Waals surface area contributed by atoms with Gasteiger partial charge in [0.1, 0.15) is 0 Å². The fourth-order valence-electron chi connectivity index (χ4n) is 2.65. The summed E-state index contributed by atoms with van der Waals surface area (Å²) in [5.41, 5.74) is 2.26. The SMILES string of the molecule is CCc1ccc2nc(N(CCCN(C)C)C(=O)c3cccs3)sc2c1.Cl. The van der Waals surface area contributed by atoms with Crippen molar-refractivity contribution < 1.29 is 4.79 Å². The van der Waals surface area contributed by atoms with Crippen molar-refractivity contribution in [2.24, 2.45) is 0 Å². The number of aryl methyl sites for hydroxylation is 1. The van der Waals surface area contributed by atoms with Gasteiger partial charge in [-0.25, -0.2) is 4.98 Å². The lowest BCUT2D eigenvalue weighted by Crippen LogP contribution is -2.32. The molecule has 2 aromatic heterocycles. The zero-order valence-electron chi connectivity index (χ0n) is 15.3. The molecular formula is C19H24ClN3OS2. The van der Waals surface area contributed by atoms with Gasteiger partial charge in [0.25, 0.3) is 5.91 Å². The molecule has 2 heterocycles. The van der Waals surface area contributed by atoms with Gasteiger partial charge in [-0.3, -0.25) is 9.69 Å². The smallest absolute Gasteiger partial charge is 0.270 e. The summed E-state index contributed by atoms with van der Waals surface area (Å²) in [6, 6.07) is 10.2. The molecule has 26 heavy (non-hydrogen) atoms. The normalized spacial score (nSPS) is 10.9. The minimum atomic E-state index is 0. The standard InChI is InChI=1S/C19H23N3OS2.ClH/c1-4-14-8-9-15-17(13-14)25-19(20-15)22(11-6-10-21(2)3)18(23)16-7-5-12-24-16;/h5,7-9,12-13H,4,6,10-11H2,1-3H3;1H. The van der Waals surface area contributed by atoms with E-state index < -0.39 is 0 Å². The van der Waals surface area contributed by atoms with Crippen LogP contribution in [-0.4, -0.2) is 43.0 Å². The van der Waals surface area contributed by atoms with Gasteiger partial charge in [-0.2, -0.15) is 0 Å². The average Bonchev–Trinajstić information content (AvgIpc) is 3.26. The molecule has 1 amide bonds. The number of amides is 1. The van der Waals surface area contributed by atoms with Crippen LogP contribution in [0.15, 0.2) is 35.7 Å². The van der Waals surface area contributed by atoms with Gasteiger partial charge in [0.2, 0.25) is 0 Å². The van der Waals surface area contributed by atoms with Crippen LogP contribution in [0.4, 0.5) is 5.13 Å². The van der Waals surface area contributed by atoms with E-state index >= 15 is 0 Å². The predicted molar refractivity (Wildman–Crippen MR) is 115 cm³/mol. The maximum Gasteiger partial charge on any atom is 0.270 e. The summed E-state index contributed by atoms with van der Waals surface area (Å²) in [6.07, 6.45) is 1.92. The number of carbonyl (C=O) groups is 1. The van der Waals surface area contributed by atoms with Crippen molar-refractivity contribution in [3.8, 4) is 0 Å². The van der Waals surface area contributed by atoms with Crippen molar-refractivity contribution >= 4 is 56.3 Å². The van der Waals surface area contributed by atoms with Crippen LogP contribution in [0.25, 0.3) is 10.2 Å². The molecule has 3 rings (SSSR count). The lowest BCUT2D eigenvalue weighted by molar-refractivity contribution is 0.0990. The third kappa shape index (κ3) is 4.82. The first-order valence-corrected chi connectivity index (χ1v) is 10.2. The van der Waals surface area contributed by atoms with Crippen molar-refractivity contribution in [1.82, 2.24) is 9.88 Å². The highest BCUT2D eigenvalue weighted by molar-refractivity contribution is 7.22.